The van der Waals surface area contributed by atoms with Crippen LogP contribution in [0.1, 0.15) is 24.5 Å². The molecule has 2 aromatic rings. The van der Waals surface area contributed by atoms with Crippen molar-refractivity contribution in [3.63, 3.8) is 0 Å². The molecular formula is C22H24F3NO. The number of benzene rings is 2. The first-order valence-corrected chi connectivity index (χ1v) is 9.00. The standard InChI is InChI=1S/C22H24F3NO/c1-2-9-20(15-14-18-10-5-3-6-11-18)26(21(27)22(23,24)25)17-16-19-12-7-4-8-13-19/h2-13,20H,14-17H2,1H3/b9-2+/t20-/m0/s1. The molecule has 27 heavy (non-hydrogen) atoms. The number of rotatable bonds is 8. The Labute approximate surface area is 158 Å². The fraction of sp³-hybridized carbons (Fsp3) is 0.318. The Kier molecular flexibility index (Phi) is 7.65. The van der Waals surface area contributed by atoms with Crippen LogP contribution < -0.4 is 0 Å². The van der Waals surface area contributed by atoms with Gasteiger partial charge >= 0.3 is 12.1 Å². The lowest BCUT2D eigenvalue weighted by Gasteiger charge is -2.31. The SMILES string of the molecule is C/C=C/[C@@H](CCc1ccccc1)N(CCc1ccccc1)C(=O)C(F)(F)F. The molecule has 0 aliphatic carbocycles. The number of amides is 1. The van der Waals surface area contributed by atoms with Crippen molar-refractivity contribution < 1.29 is 18.0 Å². The second-order valence-corrected chi connectivity index (χ2v) is 6.35. The third kappa shape index (κ3) is 6.59. The number of aryl methyl sites for hydroxylation is 1. The van der Waals surface area contributed by atoms with Crippen molar-refractivity contribution in [2.24, 2.45) is 0 Å². The highest BCUT2D eigenvalue weighted by Crippen LogP contribution is 2.23. The van der Waals surface area contributed by atoms with Crippen LogP contribution in [-0.4, -0.2) is 29.6 Å². The van der Waals surface area contributed by atoms with Gasteiger partial charge in [-0.25, -0.2) is 0 Å². The van der Waals surface area contributed by atoms with E-state index in [1.54, 1.807) is 19.1 Å². The molecule has 0 spiro atoms. The van der Waals surface area contributed by atoms with Crippen molar-refractivity contribution in [2.75, 3.05) is 6.54 Å². The molecule has 144 valence electrons. The number of nitrogens with zero attached hydrogens (tertiary/aromatic N) is 1. The average molecular weight is 375 g/mol. The number of alkyl halides is 3. The first-order valence-electron chi connectivity index (χ1n) is 9.00. The molecule has 0 heterocycles. The monoisotopic (exact) mass is 375 g/mol. The van der Waals surface area contributed by atoms with E-state index in [2.05, 4.69) is 0 Å². The number of halogens is 3. The second-order valence-electron chi connectivity index (χ2n) is 6.35. The van der Waals surface area contributed by atoms with Gasteiger partial charge in [-0.1, -0.05) is 72.8 Å². The van der Waals surface area contributed by atoms with E-state index in [0.717, 1.165) is 16.0 Å². The maximum absolute atomic E-state index is 13.2. The van der Waals surface area contributed by atoms with Crippen LogP contribution in [0.2, 0.25) is 0 Å². The average Bonchev–Trinajstić information content (AvgIpc) is 2.67. The third-order valence-electron chi connectivity index (χ3n) is 4.37. The topological polar surface area (TPSA) is 20.3 Å². The van der Waals surface area contributed by atoms with E-state index in [1.165, 1.54) is 0 Å². The van der Waals surface area contributed by atoms with Crippen LogP contribution in [0, 0.1) is 0 Å². The zero-order valence-electron chi connectivity index (χ0n) is 15.3. The van der Waals surface area contributed by atoms with Gasteiger partial charge in [-0.2, -0.15) is 13.2 Å². The molecule has 2 nitrogen and oxygen atoms in total. The molecule has 5 heteroatoms. The van der Waals surface area contributed by atoms with Crippen molar-refractivity contribution in [1.82, 2.24) is 4.90 Å². The van der Waals surface area contributed by atoms with Crippen LogP contribution in [0.25, 0.3) is 0 Å². The Bertz CT molecular complexity index is 726. The van der Waals surface area contributed by atoms with Gasteiger partial charge in [0.15, 0.2) is 0 Å². The normalized spacial score (nSPS) is 12.9. The number of hydrogen-bond donors (Lipinski definition) is 0. The smallest absolute Gasteiger partial charge is 0.328 e. The van der Waals surface area contributed by atoms with Crippen LogP contribution in [0.15, 0.2) is 72.8 Å². The van der Waals surface area contributed by atoms with Gasteiger partial charge in [-0.05, 0) is 37.3 Å². The molecule has 0 unspecified atom stereocenters. The highest BCUT2D eigenvalue weighted by atomic mass is 19.4. The predicted molar refractivity (Wildman–Crippen MR) is 101 cm³/mol. The minimum absolute atomic E-state index is 0.0200. The number of carbonyl (C=O) groups excluding carboxylic acids is 1. The quantitative estimate of drug-likeness (QED) is 0.581. The highest BCUT2D eigenvalue weighted by Gasteiger charge is 2.43. The van der Waals surface area contributed by atoms with E-state index in [9.17, 15) is 18.0 Å². The number of allylic oxidation sites excluding steroid dienone is 1. The molecule has 0 aliphatic rings. The summed E-state index contributed by atoms with van der Waals surface area (Å²) in [5.74, 6) is -1.78. The van der Waals surface area contributed by atoms with Gasteiger partial charge in [0.05, 0.1) is 6.04 Å². The summed E-state index contributed by atoms with van der Waals surface area (Å²) in [5.41, 5.74) is 1.94. The first-order chi connectivity index (χ1) is 12.9. The Hall–Kier alpha value is -2.56. The summed E-state index contributed by atoms with van der Waals surface area (Å²) in [7, 11) is 0. The van der Waals surface area contributed by atoms with Crippen molar-refractivity contribution in [2.45, 2.75) is 38.4 Å². The molecular weight excluding hydrogens is 351 g/mol. The van der Waals surface area contributed by atoms with Crippen LogP contribution in [0.3, 0.4) is 0 Å². The molecule has 0 bridgehead atoms. The van der Waals surface area contributed by atoms with Gasteiger partial charge in [-0.3, -0.25) is 4.79 Å². The molecule has 0 saturated carbocycles. The fourth-order valence-electron chi connectivity index (χ4n) is 3.01. The van der Waals surface area contributed by atoms with E-state index in [4.69, 9.17) is 0 Å². The summed E-state index contributed by atoms with van der Waals surface area (Å²) in [5, 5.41) is 0. The zero-order chi connectivity index (χ0) is 19.7. The Morgan fingerprint density at radius 1 is 0.963 bits per heavy atom. The van der Waals surface area contributed by atoms with E-state index in [0.29, 0.717) is 19.3 Å². The molecule has 2 aromatic carbocycles. The van der Waals surface area contributed by atoms with Gasteiger partial charge in [0.25, 0.3) is 0 Å². The minimum atomic E-state index is -4.89. The van der Waals surface area contributed by atoms with Gasteiger partial charge < -0.3 is 4.90 Å². The van der Waals surface area contributed by atoms with Gasteiger partial charge in [0, 0.05) is 6.54 Å². The van der Waals surface area contributed by atoms with Crippen molar-refractivity contribution >= 4 is 5.91 Å². The third-order valence-corrected chi connectivity index (χ3v) is 4.37. The molecule has 0 saturated heterocycles. The van der Waals surface area contributed by atoms with E-state index in [1.807, 2.05) is 60.7 Å². The second kappa shape index (κ2) is 9.95. The highest BCUT2D eigenvalue weighted by molar-refractivity contribution is 5.82. The molecule has 0 aromatic heterocycles. The summed E-state index contributed by atoms with van der Waals surface area (Å²) in [6.45, 7) is 1.77. The molecule has 0 aliphatic heterocycles. The first kappa shape index (κ1) is 20.7. The Balaban J connectivity index is 2.17. The van der Waals surface area contributed by atoms with E-state index >= 15 is 0 Å². The summed E-state index contributed by atoms with van der Waals surface area (Å²) in [6, 6.07) is 18.2. The Morgan fingerprint density at radius 2 is 1.48 bits per heavy atom. The maximum atomic E-state index is 13.2. The van der Waals surface area contributed by atoms with Gasteiger partial charge in [0.2, 0.25) is 0 Å². The Morgan fingerprint density at radius 3 is 1.96 bits per heavy atom. The van der Waals surface area contributed by atoms with Gasteiger partial charge in [-0.15, -0.1) is 0 Å². The van der Waals surface area contributed by atoms with Crippen LogP contribution in [0.5, 0.6) is 0 Å². The lowest BCUT2D eigenvalue weighted by atomic mass is 10.0. The van der Waals surface area contributed by atoms with E-state index in [-0.39, 0.29) is 6.54 Å². The molecule has 0 radical (unpaired) electrons. The van der Waals surface area contributed by atoms with E-state index < -0.39 is 18.1 Å². The molecule has 2 rings (SSSR count). The molecule has 1 atom stereocenters. The summed E-state index contributed by atoms with van der Waals surface area (Å²) < 4.78 is 39.5. The number of carbonyl (C=O) groups is 1. The number of hydrogen-bond acceptors (Lipinski definition) is 1. The summed E-state index contributed by atoms with van der Waals surface area (Å²) in [6.07, 6.45) is -0.0918. The molecule has 0 fully saturated rings. The summed E-state index contributed by atoms with van der Waals surface area (Å²) in [4.78, 5) is 13.0. The largest absolute Gasteiger partial charge is 0.471 e. The lowest BCUT2D eigenvalue weighted by Crippen LogP contribution is -2.47. The van der Waals surface area contributed by atoms with Crippen LogP contribution >= 0.6 is 0 Å². The van der Waals surface area contributed by atoms with Crippen molar-refractivity contribution in [1.29, 1.82) is 0 Å². The zero-order valence-corrected chi connectivity index (χ0v) is 15.3. The van der Waals surface area contributed by atoms with Crippen LogP contribution in [-0.2, 0) is 17.6 Å². The maximum Gasteiger partial charge on any atom is 0.471 e. The van der Waals surface area contributed by atoms with Crippen molar-refractivity contribution in [3.8, 4) is 0 Å². The van der Waals surface area contributed by atoms with Gasteiger partial charge in [0.1, 0.15) is 0 Å². The lowest BCUT2D eigenvalue weighted by molar-refractivity contribution is -0.187. The molecule has 1 amide bonds. The predicted octanol–water partition coefficient (Wildman–Crippen LogP) is 5.20. The minimum Gasteiger partial charge on any atom is -0.328 e. The fourth-order valence-corrected chi connectivity index (χ4v) is 3.01. The van der Waals surface area contributed by atoms with Crippen molar-refractivity contribution in [3.05, 3.63) is 83.9 Å². The molecule has 0 N–H and O–H groups in total. The summed E-state index contributed by atoms with van der Waals surface area (Å²) >= 11 is 0. The van der Waals surface area contributed by atoms with Crippen LogP contribution in [0.4, 0.5) is 13.2 Å².